The SMILES string of the molecule is C=CCn1c(SCC(=O)NCC(=O)OCC)nnc1-c1ccccc1Cl. The maximum atomic E-state index is 11.9. The van der Waals surface area contributed by atoms with E-state index in [1.807, 2.05) is 22.8 Å². The van der Waals surface area contributed by atoms with E-state index in [1.165, 1.54) is 11.8 Å². The van der Waals surface area contributed by atoms with Gasteiger partial charge in [-0.25, -0.2) is 0 Å². The topological polar surface area (TPSA) is 86.1 Å². The standard InChI is InChI=1S/C17H19ClN4O3S/c1-3-9-22-16(12-7-5-6-8-13(12)18)20-21-17(22)26-11-14(23)19-10-15(24)25-4-2/h3,5-8H,1,4,9-11H2,2H3,(H,19,23). The first kappa shape index (κ1) is 20.0. The Hall–Kier alpha value is -2.32. The molecule has 2 aromatic rings. The summed E-state index contributed by atoms with van der Waals surface area (Å²) in [6.07, 6.45) is 1.72. The zero-order valence-corrected chi connectivity index (χ0v) is 15.8. The second-order valence-corrected chi connectivity index (χ2v) is 6.41. The summed E-state index contributed by atoms with van der Waals surface area (Å²) in [5.74, 6) is -0.0703. The van der Waals surface area contributed by atoms with Crippen molar-refractivity contribution in [2.45, 2.75) is 18.6 Å². The van der Waals surface area contributed by atoms with Gasteiger partial charge in [0.05, 0.1) is 17.4 Å². The fourth-order valence-corrected chi connectivity index (χ4v) is 3.09. The molecule has 0 saturated carbocycles. The van der Waals surface area contributed by atoms with Crippen LogP contribution in [-0.2, 0) is 20.9 Å². The van der Waals surface area contributed by atoms with E-state index in [9.17, 15) is 9.59 Å². The lowest BCUT2D eigenvalue weighted by molar-refractivity contribution is -0.143. The molecule has 0 bridgehead atoms. The maximum Gasteiger partial charge on any atom is 0.325 e. The monoisotopic (exact) mass is 394 g/mol. The minimum absolute atomic E-state index is 0.0944. The molecule has 138 valence electrons. The lowest BCUT2D eigenvalue weighted by Gasteiger charge is -2.09. The number of rotatable bonds is 9. The number of esters is 1. The van der Waals surface area contributed by atoms with E-state index in [2.05, 4.69) is 22.1 Å². The molecule has 2 rings (SSSR count). The van der Waals surface area contributed by atoms with Gasteiger partial charge in [-0.05, 0) is 19.1 Å². The number of amides is 1. The maximum absolute atomic E-state index is 11.9. The van der Waals surface area contributed by atoms with E-state index >= 15 is 0 Å². The van der Waals surface area contributed by atoms with Crippen molar-refractivity contribution in [3.8, 4) is 11.4 Å². The second-order valence-electron chi connectivity index (χ2n) is 5.06. The van der Waals surface area contributed by atoms with Crippen molar-refractivity contribution in [3.05, 3.63) is 41.9 Å². The third-order valence-electron chi connectivity index (χ3n) is 3.21. The van der Waals surface area contributed by atoms with Gasteiger partial charge in [-0.3, -0.25) is 14.2 Å². The summed E-state index contributed by atoms with van der Waals surface area (Å²) < 4.78 is 6.59. The summed E-state index contributed by atoms with van der Waals surface area (Å²) >= 11 is 7.46. The van der Waals surface area contributed by atoms with Crippen LogP contribution in [-0.4, -0.2) is 45.5 Å². The smallest absolute Gasteiger partial charge is 0.325 e. The van der Waals surface area contributed by atoms with Gasteiger partial charge in [0.1, 0.15) is 6.54 Å². The van der Waals surface area contributed by atoms with E-state index in [0.29, 0.717) is 22.5 Å². The number of allylic oxidation sites excluding steroid dienone is 1. The van der Waals surface area contributed by atoms with Gasteiger partial charge >= 0.3 is 5.97 Å². The molecule has 0 aliphatic carbocycles. The number of hydrogen-bond acceptors (Lipinski definition) is 6. The normalized spacial score (nSPS) is 10.4. The van der Waals surface area contributed by atoms with Gasteiger partial charge in [0, 0.05) is 12.1 Å². The molecule has 0 aliphatic heterocycles. The number of carbonyl (C=O) groups excluding carboxylic acids is 2. The van der Waals surface area contributed by atoms with Crippen LogP contribution in [0.4, 0.5) is 0 Å². The molecule has 7 nitrogen and oxygen atoms in total. The molecule has 0 radical (unpaired) electrons. The van der Waals surface area contributed by atoms with Crippen LogP contribution >= 0.6 is 23.4 Å². The number of nitrogens with one attached hydrogen (secondary N) is 1. The highest BCUT2D eigenvalue weighted by atomic mass is 35.5. The van der Waals surface area contributed by atoms with Crippen LogP contribution in [0, 0.1) is 0 Å². The lowest BCUT2D eigenvalue weighted by atomic mass is 10.2. The van der Waals surface area contributed by atoms with Crippen LogP contribution in [0.1, 0.15) is 6.92 Å². The van der Waals surface area contributed by atoms with Crippen molar-refractivity contribution >= 4 is 35.2 Å². The fraction of sp³-hybridized carbons (Fsp3) is 0.294. The molecule has 0 fully saturated rings. The third-order valence-corrected chi connectivity index (χ3v) is 4.51. The van der Waals surface area contributed by atoms with Crippen molar-refractivity contribution < 1.29 is 14.3 Å². The number of nitrogens with zero attached hydrogens (tertiary/aromatic N) is 3. The minimum Gasteiger partial charge on any atom is -0.465 e. The van der Waals surface area contributed by atoms with Gasteiger partial charge in [-0.1, -0.05) is 41.6 Å². The molecular weight excluding hydrogens is 376 g/mol. The Labute approximate surface area is 160 Å². The third kappa shape index (κ3) is 5.34. The number of benzene rings is 1. The van der Waals surface area contributed by atoms with Crippen LogP contribution in [0.5, 0.6) is 0 Å². The molecular formula is C17H19ClN4O3S. The van der Waals surface area contributed by atoms with Gasteiger partial charge < -0.3 is 10.1 Å². The zero-order chi connectivity index (χ0) is 18.9. The summed E-state index contributed by atoms with van der Waals surface area (Å²) in [6.45, 7) is 6.05. The van der Waals surface area contributed by atoms with E-state index in [0.717, 1.165) is 5.56 Å². The molecule has 0 aliphatic rings. The Morgan fingerprint density at radius 1 is 1.38 bits per heavy atom. The van der Waals surface area contributed by atoms with Gasteiger partial charge in [-0.15, -0.1) is 16.8 Å². The Kier molecular flexibility index (Phi) is 7.68. The largest absolute Gasteiger partial charge is 0.465 e. The first-order valence-corrected chi connectivity index (χ1v) is 9.27. The zero-order valence-electron chi connectivity index (χ0n) is 14.3. The van der Waals surface area contributed by atoms with Gasteiger partial charge in [-0.2, -0.15) is 0 Å². The van der Waals surface area contributed by atoms with Crippen molar-refractivity contribution in [1.82, 2.24) is 20.1 Å². The molecule has 0 saturated heterocycles. The van der Waals surface area contributed by atoms with Crippen molar-refractivity contribution in [3.63, 3.8) is 0 Å². The predicted molar refractivity (Wildman–Crippen MR) is 101 cm³/mol. The van der Waals surface area contributed by atoms with Crippen LogP contribution in [0.25, 0.3) is 11.4 Å². The van der Waals surface area contributed by atoms with Gasteiger partial charge in [0.15, 0.2) is 11.0 Å². The molecule has 1 aromatic carbocycles. The average Bonchev–Trinajstić information content (AvgIpc) is 3.02. The number of ether oxygens (including phenoxy) is 1. The van der Waals surface area contributed by atoms with Crippen molar-refractivity contribution in [1.29, 1.82) is 0 Å². The van der Waals surface area contributed by atoms with Crippen LogP contribution in [0.2, 0.25) is 5.02 Å². The molecule has 1 heterocycles. The fourth-order valence-electron chi connectivity index (χ4n) is 2.09. The predicted octanol–water partition coefficient (Wildman–Crippen LogP) is 2.56. The highest BCUT2D eigenvalue weighted by Crippen LogP contribution is 2.29. The quantitative estimate of drug-likeness (QED) is 0.399. The highest BCUT2D eigenvalue weighted by molar-refractivity contribution is 7.99. The molecule has 0 unspecified atom stereocenters. The number of aromatic nitrogens is 3. The summed E-state index contributed by atoms with van der Waals surface area (Å²) in [5, 5.41) is 12.0. The molecule has 26 heavy (non-hydrogen) atoms. The Bertz CT molecular complexity index is 794. The summed E-state index contributed by atoms with van der Waals surface area (Å²) in [4.78, 5) is 23.1. The van der Waals surface area contributed by atoms with Crippen LogP contribution in [0.15, 0.2) is 42.1 Å². The number of halogens is 1. The molecule has 0 spiro atoms. The van der Waals surface area contributed by atoms with E-state index in [-0.39, 0.29) is 24.8 Å². The second kappa shape index (κ2) is 9.98. The van der Waals surface area contributed by atoms with E-state index < -0.39 is 5.97 Å². The lowest BCUT2D eigenvalue weighted by Crippen LogP contribution is -2.31. The van der Waals surface area contributed by atoms with Gasteiger partial charge in [0.25, 0.3) is 0 Å². The van der Waals surface area contributed by atoms with Gasteiger partial charge in [0.2, 0.25) is 5.91 Å². The molecule has 0 atom stereocenters. The van der Waals surface area contributed by atoms with Crippen molar-refractivity contribution in [2.75, 3.05) is 18.9 Å². The molecule has 9 heteroatoms. The summed E-state index contributed by atoms with van der Waals surface area (Å²) in [5.41, 5.74) is 0.752. The summed E-state index contributed by atoms with van der Waals surface area (Å²) in [7, 11) is 0. The first-order chi connectivity index (χ1) is 12.6. The molecule has 1 aromatic heterocycles. The number of thioether (sulfide) groups is 1. The first-order valence-electron chi connectivity index (χ1n) is 7.91. The van der Waals surface area contributed by atoms with Crippen molar-refractivity contribution in [2.24, 2.45) is 0 Å². The Morgan fingerprint density at radius 3 is 2.85 bits per heavy atom. The molecule has 1 N–H and O–H groups in total. The van der Waals surface area contributed by atoms with E-state index in [1.54, 1.807) is 19.1 Å². The van der Waals surface area contributed by atoms with E-state index in [4.69, 9.17) is 16.3 Å². The highest BCUT2D eigenvalue weighted by Gasteiger charge is 2.17. The van der Waals surface area contributed by atoms with Crippen LogP contribution < -0.4 is 5.32 Å². The minimum atomic E-state index is -0.471. The Morgan fingerprint density at radius 2 is 2.15 bits per heavy atom. The summed E-state index contributed by atoms with van der Waals surface area (Å²) in [6, 6.07) is 7.33. The average molecular weight is 395 g/mol. The number of carbonyl (C=O) groups is 2. The Balaban J connectivity index is 2.06. The number of hydrogen-bond donors (Lipinski definition) is 1. The van der Waals surface area contributed by atoms with Crippen LogP contribution in [0.3, 0.4) is 0 Å². The molecule has 1 amide bonds.